The topological polar surface area (TPSA) is 162 Å². The number of amides is 2. The second-order valence-corrected chi connectivity index (χ2v) is 12.9. The minimum absolute atomic E-state index is 0.0852. The Morgan fingerprint density at radius 1 is 1.31 bits per heavy atom. The molecule has 45 heavy (non-hydrogen) atoms. The van der Waals surface area contributed by atoms with E-state index in [1.54, 1.807) is 25.1 Å². The zero-order valence-electron chi connectivity index (χ0n) is 24.6. The number of anilines is 1. The van der Waals surface area contributed by atoms with Crippen LogP contribution in [0, 0.1) is 11.7 Å². The molecule has 2 fully saturated rings. The lowest BCUT2D eigenvalue weighted by atomic mass is 9.81. The minimum atomic E-state index is -1.70. The van der Waals surface area contributed by atoms with Crippen molar-refractivity contribution in [1.29, 1.82) is 0 Å². The van der Waals surface area contributed by atoms with Gasteiger partial charge in [0.05, 0.1) is 29.5 Å². The highest BCUT2D eigenvalue weighted by atomic mass is 79.9. The number of nitrogens with two attached hydrogens (primary N) is 2. The summed E-state index contributed by atoms with van der Waals surface area (Å²) in [6.45, 7) is 1.27. The van der Waals surface area contributed by atoms with Gasteiger partial charge in [-0.2, -0.15) is 0 Å². The van der Waals surface area contributed by atoms with E-state index in [0.29, 0.717) is 36.8 Å². The van der Waals surface area contributed by atoms with Crippen LogP contribution in [0.4, 0.5) is 14.5 Å². The summed E-state index contributed by atoms with van der Waals surface area (Å²) >= 11 is 3.21. The Balaban J connectivity index is 1.38. The molecular weight excluding hydrogens is 652 g/mol. The van der Waals surface area contributed by atoms with Crippen LogP contribution in [0.25, 0.3) is 11.3 Å². The van der Waals surface area contributed by atoms with Gasteiger partial charge in [-0.3, -0.25) is 14.6 Å². The zero-order chi connectivity index (χ0) is 32.3. The second kappa shape index (κ2) is 11.1. The minimum Gasteiger partial charge on any atom is -0.495 e. The number of aromatic nitrogens is 1. The molecule has 0 saturated heterocycles. The Hall–Kier alpha value is -4.10. The van der Waals surface area contributed by atoms with Crippen molar-refractivity contribution in [3.8, 4) is 22.8 Å². The van der Waals surface area contributed by atoms with Gasteiger partial charge in [0.25, 0.3) is 5.91 Å². The third-order valence-electron chi connectivity index (χ3n) is 8.79. The number of nitrogens with one attached hydrogen (secondary N) is 1. The average molecular weight is 685 g/mol. The number of aliphatic hydroxyl groups is 1. The van der Waals surface area contributed by atoms with Gasteiger partial charge in [-0.15, -0.1) is 0 Å². The molecule has 2 atom stereocenters. The van der Waals surface area contributed by atoms with Crippen LogP contribution in [-0.4, -0.2) is 54.2 Å². The summed E-state index contributed by atoms with van der Waals surface area (Å²) in [5.74, 6) is -3.31. The molecular formula is C32H32BrF2N5O5. The number of primary amides is 1. The normalized spacial score (nSPS) is 21.1. The maximum Gasteiger partial charge on any atom is 0.251 e. The average Bonchev–Trinajstić information content (AvgIpc) is 3.96. The molecule has 0 spiro atoms. The number of fused-ring (bicyclic) bond motifs is 1. The maximum atomic E-state index is 15.4. The number of hydrogen-bond donors (Lipinski definition) is 4. The number of hydrogen-bond acceptors (Lipinski definition) is 8. The molecule has 1 aliphatic heterocycles. The van der Waals surface area contributed by atoms with E-state index < -0.39 is 34.4 Å². The Morgan fingerprint density at radius 2 is 2.04 bits per heavy atom. The summed E-state index contributed by atoms with van der Waals surface area (Å²) in [6.07, 6.45) is 3.22. The molecule has 0 bridgehead atoms. The quantitative estimate of drug-likeness (QED) is 0.141. The van der Waals surface area contributed by atoms with Crippen molar-refractivity contribution in [2.24, 2.45) is 16.6 Å². The highest BCUT2D eigenvalue weighted by molar-refractivity contribution is 9.10. The standard InChI is InChI=1S/C32H32BrF2N5O5/c1-30(29(37)42)15-45-27-20(30)12-23(40-26(27)19-4-3-5-21(33)24(19)34)32(43,18-6-7-18)14-38-28(41)16-10-17(13-39-31(35)8-9-31)25(36)22(11-16)44-2/h3-5,10-13,18,43H,6-9,14-15,36H2,1-2H3,(H2,37,42)(H,38,41)/b39-13+/t30-,32+/m0/s1. The number of halogens is 3. The van der Waals surface area contributed by atoms with Crippen LogP contribution in [0.1, 0.15) is 59.8 Å². The molecule has 2 aromatic carbocycles. The third kappa shape index (κ3) is 5.52. The Kier molecular flexibility index (Phi) is 7.59. The highest BCUT2D eigenvalue weighted by Gasteiger charge is 2.50. The van der Waals surface area contributed by atoms with Gasteiger partial charge in [-0.1, -0.05) is 6.07 Å². The highest BCUT2D eigenvalue weighted by Crippen LogP contribution is 2.50. The molecule has 3 aromatic rings. The van der Waals surface area contributed by atoms with Gasteiger partial charge in [0.15, 0.2) is 5.79 Å². The molecule has 3 aliphatic rings. The fourth-order valence-corrected chi connectivity index (χ4v) is 5.84. The first-order valence-corrected chi connectivity index (χ1v) is 15.2. The lowest BCUT2D eigenvalue weighted by Gasteiger charge is -2.30. The number of pyridine rings is 1. The number of alkyl halides is 1. The van der Waals surface area contributed by atoms with Crippen molar-refractivity contribution in [2.75, 3.05) is 26.0 Å². The van der Waals surface area contributed by atoms with Crippen molar-refractivity contribution >= 4 is 39.6 Å². The number of carbonyl (C=O) groups excluding carboxylic acids is 2. The van der Waals surface area contributed by atoms with Crippen molar-refractivity contribution < 1.29 is 33.0 Å². The predicted molar refractivity (Wildman–Crippen MR) is 166 cm³/mol. The van der Waals surface area contributed by atoms with Crippen molar-refractivity contribution in [3.05, 3.63) is 69.1 Å². The zero-order valence-corrected chi connectivity index (χ0v) is 26.2. The lowest BCUT2D eigenvalue weighted by Crippen LogP contribution is -2.44. The molecule has 10 nitrogen and oxygen atoms in total. The van der Waals surface area contributed by atoms with Crippen LogP contribution < -0.4 is 26.3 Å². The number of nitrogens with zero attached hydrogens (tertiary/aromatic N) is 2. The van der Waals surface area contributed by atoms with Gasteiger partial charge >= 0.3 is 0 Å². The summed E-state index contributed by atoms with van der Waals surface area (Å²) in [5.41, 5.74) is 10.4. The Morgan fingerprint density at radius 3 is 2.69 bits per heavy atom. The first-order valence-electron chi connectivity index (χ1n) is 14.4. The van der Waals surface area contributed by atoms with Crippen LogP contribution in [0.5, 0.6) is 11.5 Å². The maximum absolute atomic E-state index is 15.4. The van der Waals surface area contributed by atoms with Crippen LogP contribution in [0.15, 0.2) is 45.9 Å². The largest absolute Gasteiger partial charge is 0.495 e. The molecule has 1 aromatic heterocycles. The van der Waals surface area contributed by atoms with Crippen molar-refractivity contribution in [3.63, 3.8) is 0 Å². The van der Waals surface area contributed by atoms with Gasteiger partial charge in [0.2, 0.25) is 5.91 Å². The Bertz CT molecular complexity index is 1760. The molecule has 13 heteroatoms. The fourth-order valence-electron chi connectivity index (χ4n) is 5.47. The molecule has 2 saturated carbocycles. The number of carbonyl (C=O) groups is 2. The molecule has 0 unspecified atom stereocenters. The van der Waals surface area contributed by atoms with E-state index in [-0.39, 0.29) is 63.2 Å². The van der Waals surface area contributed by atoms with E-state index in [1.165, 1.54) is 31.5 Å². The van der Waals surface area contributed by atoms with Gasteiger partial charge in [-0.25, -0.2) is 13.8 Å². The van der Waals surface area contributed by atoms with Crippen LogP contribution in [0.3, 0.4) is 0 Å². The first kappa shape index (κ1) is 30.9. The summed E-state index contributed by atoms with van der Waals surface area (Å²) in [4.78, 5) is 34.7. The van der Waals surface area contributed by atoms with Gasteiger partial charge < -0.3 is 31.4 Å². The molecule has 2 amide bonds. The summed E-state index contributed by atoms with van der Waals surface area (Å²) in [5, 5.41) is 15.0. The van der Waals surface area contributed by atoms with Crippen molar-refractivity contribution in [2.45, 2.75) is 49.4 Å². The molecule has 6 rings (SSSR count). The molecule has 2 aliphatic carbocycles. The lowest BCUT2D eigenvalue weighted by molar-refractivity contribution is -0.123. The summed E-state index contributed by atoms with van der Waals surface area (Å²) in [7, 11) is 1.40. The summed E-state index contributed by atoms with van der Waals surface area (Å²) < 4.78 is 41.0. The van der Waals surface area contributed by atoms with E-state index in [4.69, 9.17) is 25.9 Å². The van der Waals surface area contributed by atoms with Crippen molar-refractivity contribution in [1.82, 2.24) is 10.3 Å². The van der Waals surface area contributed by atoms with Crippen LogP contribution in [-0.2, 0) is 15.8 Å². The number of benzene rings is 2. The van der Waals surface area contributed by atoms with Crippen LogP contribution in [0.2, 0.25) is 0 Å². The first-order chi connectivity index (χ1) is 21.3. The van der Waals surface area contributed by atoms with E-state index in [2.05, 4.69) is 26.2 Å². The molecule has 6 N–H and O–H groups in total. The number of ether oxygens (including phenoxy) is 2. The van der Waals surface area contributed by atoms with Gasteiger partial charge in [0, 0.05) is 41.3 Å². The van der Waals surface area contributed by atoms with Crippen LogP contribution >= 0.6 is 15.9 Å². The Labute approximate surface area is 266 Å². The molecule has 0 radical (unpaired) electrons. The van der Waals surface area contributed by atoms with E-state index >= 15 is 4.39 Å². The van der Waals surface area contributed by atoms with E-state index in [9.17, 15) is 19.1 Å². The van der Waals surface area contributed by atoms with Gasteiger partial charge in [-0.05, 0) is 71.9 Å². The number of rotatable bonds is 10. The predicted octanol–water partition coefficient (Wildman–Crippen LogP) is 4.28. The van der Waals surface area contributed by atoms with Gasteiger partial charge in [0.1, 0.15) is 40.6 Å². The smallest absolute Gasteiger partial charge is 0.251 e. The van der Waals surface area contributed by atoms with E-state index in [0.717, 1.165) is 0 Å². The third-order valence-corrected chi connectivity index (χ3v) is 9.40. The number of aliphatic imine (C=N–C) groups is 1. The number of nitrogen functional groups attached to an aromatic ring is 1. The summed E-state index contributed by atoms with van der Waals surface area (Å²) in [6, 6.07) is 9.17. The second-order valence-electron chi connectivity index (χ2n) is 12.1. The molecule has 236 valence electrons. The SMILES string of the molecule is COc1cc(C(=O)NC[C@](O)(c2cc3c(c(-c4cccc(Br)c4F)n2)OC[C@]3(C)C(N)=O)C2CC2)cc(/C=N/C2(F)CC2)c1N. The number of methoxy groups -OCH3 is 1. The molecule has 2 heterocycles. The monoisotopic (exact) mass is 683 g/mol. The fraction of sp³-hybridized carbons (Fsp3) is 0.375. The van der Waals surface area contributed by atoms with E-state index in [1.807, 2.05) is 0 Å².